The third-order valence-corrected chi connectivity index (χ3v) is 7.26. The summed E-state index contributed by atoms with van der Waals surface area (Å²) in [5.41, 5.74) is 3.45. The number of benzene rings is 2. The van der Waals surface area contributed by atoms with Gasteiger partial charge in [-0.25, -0.2) is 13.4 Å². The number of halogens is 2. The van der Waals surface area contributed by atoms with Gasteiger partial charge in [-0.15, -0.1) is 11.3 Å². The van der Waals surface area contributed by atoms with Gasteiger partial charge in [-0.2, -0.15) is 0 Å². The minimum atomic E-state index is -3.86. The van der Waals surface area contributed by atoms with Gasteiger partial charge in [-0.3, -0.25) is 4.72 Å². The zero-order valence-electron chi connectivity index (χ0n) is 15.5. The predicted octanol–water partition coefficient (Wildman–Crippen LogP) is 6.69. The van der Waals surface area contributed by atoms with Gasteiger partial charge in [-0.05, 0) is 37.6 Å². The average molecular weight is 463 g/mol. The number of nitrogens with one attached hydrogen (secondary N) is 1. The first-order valence-corrected chi connectivity index (χ1v) is 11.8. The fraction of sp³-hybridized carbons (Fsp3) is 0.0952. The van der Waals surface area contributed by atoms with Crippen molar-refractivity contribution in [3.8, 4) is 11.1 Å². The summed E-state index contributed by atoms with van der Waals surface area (Å²) in [6, 6.07) is 15.7. The normalized spacial score (nSPS) is 11.7. The number of hydrogen-bond donors (Lipinski definition) is 1. The Morgan fingerprint density at radius 1 is 1.00 bits per heavy atom. The molecule has 0 aliphatic carbocycles. The predicted molar refractivity (Wildman–Crippen MR) is 122 cm³/mol. The summed E-state index contributed by atoms with van der Waals surface area (Å²) >= 11 is 13.7. The summed E-state index contributed by atoms with van der Waals surface area (Å²) in [5, 5.41) is 1.30. The second-order valence-corrected chi connectivity index (χ2v) is 10.3. The molecule has 0 atom stereocenters. The number of anilines is 1. The van der Waals surface area contributed by atoms with E-state index in [1.807, 2.05) is 32.0 Å². The Morgan fingerprint density at radius 2 is 1.76 bits per heavy atom. The molecule has 2 aromatic heterocycles. The number of aryl methyl sites for hydroxylation is 2. The molecule has 29 heavy (non-hydrogen) atoms. The topological polar surface area (TPSA) is 59.1 Å². The van der Waals surface area contributed by atoms with Crippen molar-refractivity contribution in [3.63, 3.8) is 0 Å². The number of pyridine rings is 1. The maximum absolute atomic E-state index is 13.0. The fourth-order valence-corrected chi connectivity index (χ4v) is 5.92. The zero-order valence-corrected chi connectivity index (χ0v) is 18.7. The highest BCUT2D eigenvalue weighted by Gasteiger charge is 2.21. The summed E-state index contributed by atoms with van der Waals surface area (Å²) in [6.07, 6.45) is 0. The van der Waals surface area contributed by atoms with Crippen molar-refractivity contribution in [1.82, 2.24) is 4.98 Å². The SMILES string of the molecule is Cc1cccc(-c2c(C)sc3nc(Cl)cc(NS(=O)(=O)c4cccc(Cl)c4)c23)c1. The van der Waals surface area contributed by atoms with Crippen LogP contribution in [0.15, 0.2) is 59.5 Å². The smallest absolute Gasteiger partial charge is 0.261 e. The minimum Gasteiger partial charge on any atom is -0.279 e. The number of thiophene rings is 1. The standard InChI is InChI=1S/C21H16Cl2N2O2S2/c1-12-5-3-6-14(9-12)19-13(2)28-21-20(19)17(11-18(23)24-21)25-29(26,27)16-8-4-7-15(22)10-16/h3-11H,1-2H3,(H,24,25). The molecule has 0 saturated carbocycles. The summed E-state index contributed by atoms with van der Waals surface area (Å²) in [7, 11) is -3.86. The molecular weight excluding hydrogens is 447 g/mol. The van der Waals surface area contributed by atoms with E-state index < -0.39 is 10.0 Å². The molecule has 0 fully saturated rings. The summed E-state index contributed by atoms with van der Waals surface area (Å²) < 4.78 is 28.7. The third-order valence-electron chi connectivity index (χ3n) is 4.46. The molecule has 0 bridgehead atoms. The van der Waals surface area contributed by atoms with E-state index in [-0.39, 0.29) is 10.0 Å². The van der Waals surface area contributed by atoms with Crippen LogP contribution in [0.25, 0.3) is 21.3 Å². The van der Waals surface area contributed by atoms with Crippen LogP contribution >= 0.6 is 34.5 Å². The van der Waals surface area contributed by atoms with E-state index in [4.69, 9.17) is 23.2 Å². The Labute approximate surface area is 183 Å². The number of fused-ring (bicyclic) bond motifs is 1. The molecule has 2 heterocycles. The Morgan fingerprint density at radius 3 is 2.48 bits per heavy atom. The van der Waals surface area contributed by atoms with Gasteiger partial charge in [-0.1, -0.05) is 59.1 Å². The molecular formula is C21H16Cl2N2O2S2. The second-order valence-electron chi connectivity index (χ2n) is 6.64. The monoisotopic (exact) mass is 462 g/mol. The van der Waals surface area contributed by atoms with E-state index in [1.165, 1.54) is 29.5 Å². The van der Waals surface area contributed by atoms with Gasteiger partial charge in [0.05, 0.1) is 10.6 Å². The van der Waals surface area contributed by atoms with Crippen LogP contribution in [0, 0.1) is 13.8 Å². The number of rotatable bonds is 4. The number of sulfonamides is 1. The molecule has 8 heteroatoms. The Hall–Kier alpha value is -2.12. The molecule has 0 amide bonds. The molecule has 4 aromatic rings. The lowest BCUT2D eigenvalue weighted by Gasteiger charge is -2.12. The van der Waals surface area contributed by atoms with Gasteiger partial charge >= 0.3 is 0 Å². The van der Waals surface area contributed by atoms with Crippen LogP contribution in [0.5, 0.6) is 0 Å². The van der Waals surface area contributed by atoms with Gasteiger partial charge in [0, 0.05) is 26.9 Å². The van der Waals surface area contributed by atoms with Crippen LogP contribution in [0.2, 0.25) is 10.2 Å². The van der Waals surface area contributed by atoms with Gasteiger partial charge in [0.25, 0.3) is 10.0 Å². The lowest BCUT2D eigenvalue weighted by Crippen LogP contribution is -2.13. The molecule has 0 unspecified atom stereocenters. The summed E-state index contributed by atoms with van der Waals surface area (Å²) in [5.74, 6) is 0. The highest BCUT2D eigenvalue weighted by Crippen LogP contribution is 2.43. The van der Waals surface area contributed by atoms with Crippen molar-refractivity contribution < 1.29 is 8.42 Å². The molecule has 4 rings (SSSR count). The maximum atomic E-state index is 13.0. The lowest BCUT2D eigenvalue weighted by molar-refractivity contribution is 0.601. The van der Waals surface area contributed by atoms with E-state index in [1.54, 1.807) is 12.1 Å². The van der Waals surface area contributed by atoms with E-state index in [2.05, 4.69) is 15.8 Å². The number of hydrogen-bond acceptors (Lipinski definition) is 4. The van der Waals surface area contributed by atoms with Crippen LogP contribution in [-0.4, -0.2) is 13.4 Å². The summed E-state index contributed by atoms with van der Waals surface area (Å²) in [6.45, 7) is 4.01. The fourth-order valence-electron chi connectivity index (χ4n) is 3.25. The first-order chi connectivity index (χ1) is 13.7. The molecule has 2 aromatic carbocycles. The van der Waals surface area contributed by atoms with E-state index in [9.17, 15) is 8.42 Å². The largest absolute Gasteiger partial charge is 0.279 e. The van der Waals surface area contributed by atoms with E-state index in [0.29, 0.717) is 15.5 Å². The van der Waals surface area contributed by atoms with Gasteiger partial charge in [0.15, 0.2) is 0 Å². The van der Waals surface area contributed by atoms with Crippen molar-refractivity contribution in [1.29, 1.82) is 0 Å². The van der Waals surface area contributed by atoms with Crippen molar-refractivity contribution >= 4 is 60.5 Å². The van der Waals surface area contributed by atoms with Crippen LogP contribution in [0.1, 0.15) is 10.4 Å². The van der Waals surface area contributed by atoms with Crippen molar-refractivity contribution in [2.45, 2.75) is 18.7 Å². The van der Waals surface area contributed by atoms with Crippen LogP contribution in [0.4, 0.5) is 5.69 Å². The van der Waals surface area contributed by atoms with E-state index in [0.717, 1.165) is 27.0 Å². The Balaban J connectivity index is 1.93. The highest BCUT2D eigenvalue weighted by atomic mass is 35.5. The third kappa shape index (κ3) is 3.98. The van der Waals surface area contributed by atoms with Gasteiger partial charge < -0.3 is 0 Å². The first kappa shape index (κ1) is 20.2. The summed E-state index contributed by atoms with van der Waals surface area (Å²) in [4.78, 5) is 6.20. The Bertz CT molecular complexity index is 1350. The van der Waals surface area contributed by atoms with Crippen molar-refractivity contribution in [3.05, 3.63) is 75.2 Å². The second kappa shape index (κ2) is 7.61. The molecule has 1 N–H and O–H groups in total. The highest BCUT2D eigenvalue weighted by molar-refractivity contribution is 7.92. The molecule has 148 valence electrons. The van der Waals surface area contributed by atoms with E-state index >= 15 is 0 Å². The van der Waals surface area contributed by atoms with Gasteiger partial charge in [0.2, 0.25) is 0 Å². The van der Waals surface area contributed by atoms with Crippen LogP contribution < -0.4 is 4.72 Å². The number of aromatic nitrogens is 1. The molecule has 0 spiro atoms. The van der Waals surface area contributed by atoms with Crippen LogP contribution in [0.3, 0.4) is 0 Å². The number of nitrogens with zero attached hydrogens (tertiary/aromatic N) is 1. The zero-order chi connectivity index (χ0) is 20.8. The molecule has 0 saturated heterocycles. The molecule has 0 aliphatic rings. The van der Waals surface area contributed by atoms with Gasteiger partial charge in [0.1, 0.15) is 9.98 Å². The van der Waals surface area contributed by atoms with Crippen molar-refractivity contribution in [2.24, 2.45) is 0 Å². The molecule has 0 radical (unpaired) electrons. The van der Waals surface area contributed by atoms with Crippen molar-refractivity contribution in [2.75, 3.05) is 4.72 Å². The minimum absolute atomic E-state index is 0.0788. The van der Waals surface area contributed by atoms with Crippen LogP contribution in [-0.2, 0) is 10.0 Å². The lowest BCUT2D eigenvalue weighted by atomic mass is 10.0. The Kier molecular flexibility index (Phi) is 5.29. The average Bonchev–Trinajstić information content (AvgIpc) is 2.97. The molecule has 0 aliphatic heterocycles. The maximum Gasteiger partial charge on any atom is 0.261 e. The first-order valence-electron chi connectivity index (χ1n) is 8.70. The quantitative estimate of drug-likeness (QED) is 0.343. The molecule has 4 nitrogen and oxygen atoms in total.